The van der Waals surface area contributed by atoms with E-state index >= 15 is 0 Å². The molecule has 6 heteroatoms. The van der Waals surface area contributed by atoms with E-state index in [-0.39, 0.29) is 24.8 Å². The fourth-order valence-electron chi connectivity index (χ4n) is 3.53. The van der Waals surface area contributed by atoms with Crippen LogP contribution in [-0.2, 0) is 0 Å². The van der Waals surface area contributed by atoms with E-state index in [1.54, 1.807) is 0 Å². The van der Waals surface area contributed by atoms with Crippen LogP contribution in [0.4, 0.5) is 0 Å². The van der Waals surface area contributed by atoms with Crippen molar-refractivity contribution in [3.05, 3.63) is 34.4 Å². The molecular formula is C17H24BrCl2N3. The van der Waals surface area contributed by atoms with Gasteiger partial charge in [0.2, 0.25) is 0 Å². The van der Waals surface area contributed by atoms with Gasteiger partial charge in [-0.15, -0.1) is 24.8 Å². The summed E-state index contributed by atoms with van der Waals surface area (Å²) in [6.07, 6.45) is 6.41. The van der Waals surface area contributed by atoms with Gasteiger partial charge in [-0.05, 0) is 36.1 Å². The van der Waals surface area contributed by atoms with Gasteiger partial charge in [0, 0.05) is 53.8 Å². The zero-order valence-corrected chi connectivity index (χ0v) is 16.3. The molecule has 0 amide bonds. The second-order valence-electron chi connectivity index (χ2n) is 6.41. The van der Waals surface area contributed by atoms with Crippen LogP contribution in [0.25, 0.3) is 10.9 Å². The number of halogens is 3. The summed E-state index contributed by atoms with van der Waals surface area (Å²) in [6.45, 7) is 4.57. The second kappa shape index (κ2) is 8.21. The van der Waals surface area contributed by atoms with Crippen LogP contribution in [-0.4, -0.2) is 36.1 Å². The average molecular weight is 421 g/mol. The Kier molecular flexibility index (Phi) is 6.81. The van der Waals surface area contributed by atoms with E-state index in [1.165, 1.54) is 40.2 Å². The Balaban J connectivity index is 0.000000960. The van der Waals surface area contributed by atoms with Crippen molar-refractivity contribution < 1.29 is 0 Å². The number of aromatic nitrogens is 1. The summed E-state index contributed by atoms with van der Waals surface area (Å²) in [4.78, 5) is 6.14. The molecule has 2 aliphatic rings. The van der Waals surface area contributed by atoms with Gasteiger partial charge in [-0.2, -0.15) is 0 Å². The molecule has 4 rings (SSSR count). The van der Waals surface area contributed by atoms with Crippen LogP contribution < -0.4 is 5.32 Å². The molecule has 2 N–H and O–H groups in total. The van der Waals surface area contributed by atoms with Crippen molar-refractivity contribution in [2.75, 3.05) is 26.2 Å². The zero-order valence-electron chi connectivity index (χ0n) is 13.1. The van der Waals surface area contributed by atoms with Crippen LogP contribution in [0, 0.1) is 5.92 Å². The molecule has 3 nitrogen and oxygen atoms in total. The van der Waals surface area contributed by atoms with E-state index in [4.69, 9.17) is 0 Å². The minimum Gasteiger partial charge on any atom is -0.361 e. The van der Waals surface area contributed by atoms with Gasteiger partial charge in [-0.1, -0.05) is 28.8 Å². The van der Waals surface area contributed by atoms with Crippen molar-refractivity contribution in [1.29, 1.82) is 0 Å². The normalized spacial score (nSPS) is 19.9. The maximum Gasteiger partial charge on any atom is 0.0458 e. The average Bonchev–Trinajstić information content (AvgIpc) is 3.25. The summed E-state index contributed by atoms with van der Waals surface area (Å²) >= 11 is 3.62. The minimum atomic E-state index is 0. The molecule has 0 unspecified atom stereocenters. The Labute approximate surface area is 158 Å². The first kappa shape index (κ1) is 19.1. The number of nitrogens with one attached hydrogen (secondary N) is 2. The summed E-state index contributed by atoms with van der Waals surface area (Å²) in [6, 6.07) is 7.13. The third kappa shape index (κ3) is 4.23. The molecule has 1 atom stereocenters. The summed E-state index contributed by atoms with van der Waals surface area (Å²) < 4.78 is 1.17. The lowest BCUT2D eigenvalue weighted by molar-refractivity contribution is 0.161. The third-order valence-corrected chi connectivity index (χ3v) is 5.37. The van der Waals surface area contributed by atoms with Crippen LogP contribution in [0.1, 0.15) is 30.9 Å². The van der Waals surface area contributed by atoms with Crippen molar-refractivity contribution in [3.8, 4) is 0 Å². The Hall–Kier alpha value is -0.260. The molecule has 23 heavy (non-hydrogen) atoms. The number of piperazine rings is 1. The Morgan fingerprint density at radius 1 is 1.17 bits per heavy atom. The lowest BCUT2D eigenvalue weighted by Gasteiger charge is -2.35. The predicted molar refractivity (Wildman–Crippen MR) is 105 cm³/mol. The number of benzene rings is 1. The molecule has 1 aromatic carbocycles. The highest BCUT2D eigenvalue weighted by Crippen LogP contribution is 2.42. The molecule has 2 fully saturated rings. The molecule has 1 saturated heterocycles. The Bertz CT molecular complexity index is 636. The lowest BCUT2D eigenvalue weighted by Crippen LogP contribution is -2.45. The van der Waals surface area contributed by atoms with Crippen molar-refractivity contribution in [3.63, 3.8) is 0 Å². The van der Waals surface area contributed by atoms with E-state index in [0.717, 1.165) is 32.1 Å². The number of fused-ring (bicyclic) bond motifs is 1. The number of rotatable bonds is 4. The molecule has 128 valence electrons. The molecular weight excluding hydrogens is 397 g/mol. The molecule has 1 aliphatic heterocycles. The van der Waals surface area contributed by atoms with Gasteiger partial charge < -0.3 is 10.3 Å². The highest BCUT2D eigenvalue weighted by molar-refractivity contribution is 9.10. The summed E-state index contributed by atoms with van der Waals surface area (Å²) in [7, 11) is 0. The van der Waals surface area contributed by atoms with Gasteiger partial charge in [-0.25, -0.2) is 0 Å². The standard InChI is InChI=1S/C17H22BrN3.2ClH/c18-13-3-4-16-14(10-13)15(11-20-16)17(9-12-1-2-12)21-7-5-19-6-8-21;;/h3-4,10-12,17,19-20H,1-2,5-9H2;2*1H/t17-;;/m1../s1. The van der Waals surface area contributed by atoms with E-state index in [1.807, 2.05) is 0 Å². The van der Waals surface area contributed by atoms with Gasteiger partial charge in [-0.3, -0.25) is 4.90 Å². The molecule has 2 aromatic rings. The van der Waals surface area contributed by atoms with Crippen molar-refractivity contribution >= 4 is 51.6 Å². The molecule has 1 saturated carbocycles. The molecule has 0 spiro atoms. The lowest BCUT2D eigenvalue weighted by atomic mass is 9.98. The first-order chi connectivity index (χ1) is 10.3. The molecule has 2 heterocycles. The first-order valence-electron chi connectivity index (χ1n) is 8.02. The largest absolute Gasteiger partial charge is 0.361 e. The second-order valence-corrected chi connectivity index (χ2v) is 7.33. The summed E-state index contributed by atoms with van der Waals surface area (Å²) in [5, 5.41) is 4.86. The monoisotopic (exact) mass is 419 g/mol. The van der Waals surface area contributed by atoms with Crippen LogP contribution in [0.2, 0.25) is 0 Å². The predicted octanol–water partition coefficient (Wildman–Crippen LogP) is 4.52. The highest BCUT2D eigenvalue weighted by Gasteiger charge is 2.31. The highest BCUT2D eigenvalue weighted by atomic mass is 79.9. The maximum atomic E-state index is 3.62. The van der Waals surface area contributed by atoms with Gasteiger partial charge in [0.05, 0.1) is 0 Å². The van der Waals surface area contributed by atoms with Crippen LogP contribution in [0.15, 0.2) is 28.9 Å². The Morgan fingerprint density at radius 2 is 1.91 bits per heavy atom. The minimum absolute atomic E-state index is 0. The van der Waals surface area contributed by atoms with Crippen molar-refractivity contribution in [2.45, 2.75) is 25.3 Å². The third-order valence-electron chi connectivity index (χ3n) is 4.88. The molecule has 1 aliphatic carbocycles. The number of H-pyrrole nitrogens is 1. The van der Waals surface area contributed by atoms with Gasteiger partial charge in [0.25, 0.3) is 0 Å². The fraction of sp³-hybridized carbons (Fsp3) is 0.529. The van der Waals surface area contributed by atoms with Crippen LogP contribution in [0.5, 0.6) is 0 Å². The molecule has 1 aromatic heterocycles. The number of aromatic amines is 1. The number of nitrogens with zero attached hydrogens (tertiary/aromatic N) is 1. The number of hydrogen-bond donors (Lipinski definition) is 2. The van der Waals surface area contributed by atoms with Crippen LogP contribution in [0.3, 0.4) is 0 Å². The van der Waals surface area contributed by atoms with Gasteiger partial charge >= 0.3 is 0 Å². The molecule has 0 bridgehead atoms. The first-order valence-corrected chi connectivity index (χ1v) is 8.82. The van der Waals surface area contributed by atoms with E-state index in [9.17, 15) is 0 Å². The summed E-state index contributed by atoms with van der Waals surface area (Å²) in [5.74, 6) is 0.946. The van der Waals surface area contributed by atoms with Crippen molar-refractivity contribution in [2.24, 2.45) is 5.92 Å². The maximum absolute atomic E-state index is 3.62. The van der Waals surface area contributed by atoms with Crippen molar-refractivity contribution in [1.82, 2.24) is 15.2 Å². The van der Waals surface area contributed by atoms with E-state index in [2.05, 4.69) is 55.5 Å². The topological polar surface area (TPSA) is 31.1 Å². The van der Waals surface area contributed by atoms with E-state index in [0.29, 0.717) is 6.04 Å². The number of hydrogen-bond acceptors (Lipinski definition) is 2. The zero-order chi connectivity index (χ0) is 14.2. The SMILES string of the molecule is Brc1ccc2[nH]cc([C@@H](CC3CC3)N3CCNCC3)c2c1.Cl.Cl. The fourth-order valence-corrected chi connectivity index (χ4v) is 3.89. The van der Waals surface area contributed by atoms with Gasteiger partial charge in [0.15, 0.2) is 0 Å². The molecule has 0 radical (unpaired) electrons. The smallest absolute Gasteiger partial charge is 0.0458 e. The van der Waals surface area contributed by atoms with Gasteiger partial charge in [0.1, 0.15) is 0 Å². The summed E-state index contributed by atoms with van der Waals surface area (Å²) in [5.41, 5.74) is 2.74. The van der Waals surface area contributed by atoms with E-state index < -0.39 is 0 Å². The quantitative estimate of drug-likeness (QED) is 0.761. The Morgan fingerprint density at radius 3 is 2.61 bits per heavy atom. The van der Waals surface area contributed by atoms with Crippen LogP contribution >= 0.6 is 40.7 Å².